The largest absolute Gasteiger partial charge is 0.496 e. The van der Waals surface area contributed by atoms with Gasteiger partial charge in [0.05, 0.1) is 18.3 Å². The summed E-state index contributed by atoms with van der Waals surface area (Å²) in [7, 11) is 1.37. The van der Waals surface area contributed by atoms with Crippen molar-refractivity contribution in [1.82, 2.24) is 0 Å². The molecule has 94 valence electrons. The molecule has 0 saturated carbocycles. The van der Waals surface area contributed by atoms with Crippen LogP contribution in [0.25, 0.3) is 0 Å². The van der Waals surface area contributed by atoms with Gasteiger partial charge in [-0.3, -0.25) is 4.79 Å². The molecule has 0 heterocycles. The van der Waals surface area contributed by atoms with Gasteiger partial charge in [0.25, 0.3) is 0 Å². The number of methoxy groups -OCH3 is 1. The quantitative estimate of drug-likeness (QED) is 0.827. The Bertz CT molecular complexity index is 415. The van der Waals surface area contributed by atoms with E-state index in [4.69, 9.17) is 9.84 Å². The second-order valence-electron chi connectivity index (χ2n) is 3.98. The van der Waals surface area contributed by atoms with E-state index in [2.05, 4.69) is 0 Å². The van der Waals surface area contributed by atoms with Gasteiger partial charge in [-0.2, -0.15) is 0 Å². The number of carbonyl (C=O) groups is 1. The van der Waals surface area contributed by atoms with Gasteiger partial charge in [-0.05, 0) is 25.5 Å². The maximum absolute atomic E-state index is 13.7. The summed E-state index contributed by atoms with van der Waals surface area (Å²) in [5, 5.41) is 18.7. The van der Waals surface area contributed by atoms with Crippen LogP contribution in [-0.2, 0) is 10.4 Å². The van der Waals surface area contributed by atoms with Crippen LogP contribution in [0.5, 0.6) is 5.75 Å². The minimum absolute atomic E-state index is 0.0104. The summed E-state index contributed by atoms with van der Waals surface area (Å²) in [4.78, 5) is 10.5. The molecule has 5 heteroatoms. The van der Waals surface area contributed by atoms with E-state index >= 15 is 0 Å². The van der Waals surface area contributed by atoms with Crippen LogP contribution >= 0.6 is 0 Å². The molecule has 0 amide bonds. The smallest absolute Gasteiger partial charge is 0.303 e. The zero-order valence-corrected chi connectivity index (χ0v) is 9.74. The molecule has 0 bridgehead atoms. The molecule has 0 spiro atoms. The molecule has 1 aromatic carbocycles. The molecule has 1 rings (SSSR count). The van der Waals surface area contributed by atoms with E-state index in [1.54, 1.807) is 0 Å². The number of benzene rings is 1. The number of halogens is 1. The van der Waals surface area contributed by atoms with Crippen molar-refractivity contribution in [2.75, 3.05) is 7.11 Å². The first kappa shape index (κ1) is 13.4. The fourth-order valence-electron chi connectivity index (χ4n) is 1.67. The van der Waals surface area contributed by atoms with Crippen molar-refractivity contribution in [2.45, 2.75) is 25.4 Å². The minimum atomic E-state index is -1.57. The number of hydrogen-bond acceptors (Lipinski definition) is 3. The Morgan fingerprint density at radius 1 is 1.53 bits per heavy atom. The monoisotopic (exact) mass is 242 g/mol. The lowest BCUT2D eigenvalue weighted by molar-refractivity contribution is -0.138. The van der Waals surface area contributed by atoms with Gasteiger partial charge in [0.15, 0.2) is 0 Å². The number of ether oxygens (including phenoxy) is 1. The third-order valence-electron chi connectivity index (χ3n) is 2.56. The van der Waals surface area contributed by atoms with Crippen LogP contribution in [0, 0.1) is 5.82 Å². The molecule has 1 aromatic rings. The standard InChI is InChI=1S/C12H15FO4/c1-12(16,7-6-10(14)15)11-8(13)4-3-5-9(11)17-2/h3-5,16H,6-7H2,1-2H3,(H,14,15). The average molecular weight is 242 g/mol. The molecule has 0 aliphatic carbocycles. The SMILES string of the molecule is COc1cccc(F)c1C(C)(O)CCC(=O)O. The van der Waals surface area contributed by atoms with E-state index in [9.17, 15) is 14.3 Å². The zero-order valence-electron chi connectivity index (χ0n) is 9.74. The van der Waals surface area contributed by atoms with E-state index in [1.807, 2.05) is 0 Å². The van der Waals surface area contributed by atoms with Gasteiger partial charge in [0.2, 0.25) is 0 Å². The van der Waals surface area contributed by atoms with Crippen LogP contribution in [0.1, 0.15) is 25.3 Å². The van der Waals surface area contributed by atoms with E-state index in [0.29, 0.717) is 0 Å². The summed E-state index contributed by atoms with van der Waals surface area (Å²) in [6.07, 6.45) is -0.329. The number of hydrogen-bond donors (Lipinski definition) is 2. The molecule has 0 aliphatic rings. The van der Waals surface area contributed by atoms with Crippen LogP contribution < -0.4 is 4.74 Å². The van der Waals surface area contributed by atoms with Crippen molar-refractivity contribution < 1.29 is 24.1 Å². The first-order valence-corrected chi connectivity index (χ1v) is 5.15. The number of aliphatic hydroxyl groups is 1. The van der Waals surface area contributed by atoms with Crippen LogP contribution in [-0.4, -0.2) is 23.3 Å². The van der Waals surface area contributed by atoms with Crippen molar-refractivity contribution in [3.63, 3.8) is 0 Å². The highest BCUT2D eigenvalue weighted by Gasteiger charge is 2.30. The Labute approximate surface area is 98.7 Å². The number of carboxylic acid groups (broad SMARTS) is 1. The normalized spacial score (nSPS) is 14.1. The highest BCUT2D eigenvalue weighted by Crippen LogP contribution is 2.35. The lowest BCUT2D eigenvalue weighted by Gasteiger charge is -2.25. The third-order valence-corrected chi connectivity index (χ3v) is 2.56. The Hall–Kier alpha value is -1.62. The summed E-state index contributed by atoms with van der Waals surface area (Å²) in [5.41, 5.74) is -1.58. The molecular formula is C12H15FO4. The Morgan fingerprint density at radius 3 is 2.71 bits per heavy atom. The van der Waals surface area contributed by atoms with Gasteiger partial charge in [0.1, 0.15) is 11.6 Å². The lowest BCUT2D eigenvalue weighted by atomic mass is 9.90. The van der Waals surface area contributed by atoms with E-state index < -0.39 is 17.4 Å². The van der Waals surface area contributed by atoms with Crippen LogP contribution in [0.15, 0.2) is 18.2 Å². The number of carboxylic acids is 1. The molecule has 0 aliphatic heterocycles. The molecule has 17 heavy (non-hydrogen) atoms. The van der Waals surface area contributed by atoms with Crippen molar-refractivity contribution in [3.05, 3.63) is 29.6 Å². The van der Waals surface area contributed by atoms with Gasteiger partial charge in [-0.15, -0.1) is 0 Å². The minimum Gasteiger partial charge on any atom is -0.496 e. The molecule has 0 radical (unpaired) electrons. The molecule has 4 nitrogen and oxygen atoms in total. The second-order valence-corrected chi connectivity index (χ2v) is 3.98. The van der Waals surface area contributed by atoms with Crippen molar-refractivity contribution in [3.8, 4) is 5.75 Å². The maximum Gasteiger partial charge on any atom is 0.303 e. The first-order valence-electron chi connectivity index (χ1n) is 5.15. The van der Waals surface area contributed by atoms with E-state index in [1.165, 1.54) is 32.2 Å². The van der Waals surface area contributed by atoms with Crippen molar-refractivity contribution in [1.29, 1.82) is 0 Å². The predicted molar refractivity (Wildman–Crippen MR) is 59.4 cm³/mol. The Kier molecular flexibility index (Phi) is 4.07. The topological polar surface area (TPSA) is 66.8 Å². The summed E-state index contributed by atoms with van der Waals surface area (Å²) in [5.74, 6) is -1.44. The highest BCUT2D eigenvalue weighted by atomic mass is 19.1. The molecule has 0 saturated heterocycles. The molecule has 0 fully saturated rings. The molecule has 1 atom stereocenters. The third kappa shape index (κ3) is 3.17. The summed E-state index contributed by atoms with van der Waals surface area (Å²) in [6.45, 7) is 1.37. The zero-order chi connectivity index (χ0) is 13.1. The number of rotatable bonds is 5. The lowest BCUT2D eigenvalue weighted by Crippen LogP contribution is -2.24. The highest BCUT2D eigenvalue weighted by molar-refractivity contribution is 5.66. The van der Waals surface area contributed by atoms with Crippen molar-refractivity contribution in [2.24, 2.45) is 0 Å². The van der Waals surface area contributed by atoms with Gasteiger partial charge >= 0.3 is 5.97 Å². The van der Waals surface area contributed by atoms with E-state index in [0.717, 1.165) is 0 Å². The van der Waals surface area contributed by atoms with Crippen molar-refractivity contribution >= 4 is 5.97 Å². The average Bonchev–Trinajstić information content (AvgIpc) is 2.25. The van der Waals surface area contributed by atoms with Crippen LogP contribution in [0.4, 0.5) is 4.39 Å². The maximum atomic E-state index is 13.7. The Morgan fingerprint density at radius 2 is 2.18 bits per heavy atom. The van der Waals surface area contributed by atoms with E-state index in [-0.39, 0.29) is 24.2 Å². The van der Waals surface area contributed by atoms with Gasteiger partial charge < -0.3 is 14.9 Å². The van der Waals surface area contributed by atoms with Gasteiger partial charge in [-0.1, -0.05) is 6.07 Å². The first-order chi connectivity index (χ1) is 7.88. The van der Waals surface area contributed by atoms with Crippen LogP contribution in [0.2, 0.25) is 0 Å². The summed E-state index contributed by atoms with van der Waals surface area (Å²) in [6, 6.07) is 4.19. The van der Waals surface area contributed by atoms with Gasteiger partial charge in [-0.25, -0.2) is 4.39 Å². The fraction of sp³-hybridized carbons (Fsp3) is 0.417. The molecule has 0 aromatic heterocycles. The predicted octanol–water partition coefficient (Wildman–Crippen LogP) is 1.91. The molecule has 2 N–H and O–H groups in total. The molecular weight excluding hydrogens is 227 g/mol. The fourth-order valence-corrected chi connectivity index (χ4v) is 1.67. The Balaban J connectivity index is 3.08. The van der Waals surface area contributed by atoms with Gasteiger partial charge in [0, 0.05) is 6.42 Å². The number of aliphatic carboxylic acids is 1. The van der Waals surface area contributed by atoms with Crippen LogP contribution in [0.3, 0.4) is 0 Å². The summed E-state index contributed by atoms with van der Waals surface area (Å²) >= 11 is 0. The summed E-state index contributed by atoms with van der Waals surface area (Å²) < 4.78 is 18.6. The molecule has 1 unspecified atom stereocenters. The second kappa shape index (κ2) is 5.14.